The Morgan fingerprint density at radius 1 is 1.06 bits per heavy atom. The number of aromatic nitrogens is 2. The monoisotopic (exact) mass is 454 g/mol. The molecular formula is C24H24ClFN4S. The number of benzene rings is 1. The second kappa shape index (κ2) is 8.60. The van der Waals surface area contributed by atoms with Gasteiger partial charge in [0.2, 0.25) is 0 Å². The first-order valence-electron chi connectivity index (χ1n) is 10.8. The molecule has 0 bridgehead atoms. The van der Waals surface area contributed by atoms with E-state index in [4.69, 9.17) is 23.8 Å². The second-order valence-electron chi connectivity index (χ2n) is 8.23. The van der Waals surface area contributed by atoms with E-state index >= 15 is 0 Å². The maximum atomic E-state index is 13.8. The molecule has 3 aromatic rings. The van der Waals surface area contributed by atoms with E-state index < -0.39 is 5.82 Å². The van der Waals surface area contributed by atoms with Crippen molar-refractivity contribution in [3.05, 3.63) is 83.2 Å². The normalized spacial score (nSPS) is 22.0. The fourth-order valence-electron chi connectivity index (χ4n) is 4.94. The van der Waals surface area contributed by atoms with Crippen molar-refractivity contribution in [3.8, 4) is 5.69 Å². The molecule has 7 heteroatoms. The minimum atomic E-state index is -0.418. The Hall–Kier alpha value is -2.44. The predicted octanol–water partition coefficient (Wildman–Crippen LogP) is 5.97. The van der Waals surface area contributed by atoms with E-state index in [1.165, 1.54) is 25.3 Å². The summed E-state index contributed by atoms with van der Waals surface area (Å²) in [5.74, 6) is -0.418. The van der Waals surface area contributed by atoms with Crippen LogP contribution in [0.25, 0.3) is 5.69 Å². The van der Waals surface area contributed by atoms with Crippen LogP contribution in [0.15, 0.2) is 60.9 Å². The molecule has 1 aromatic carbocycles. The second-order valence-corrected chi connectivity index (χ2v) is 9.02. The Kier molecular flexibility index (Phi) is 5.67. The van der Waals surface area contributed by atoms with Gasteiger partial charge in [0.05, 0.1) is 22.8 Å². The van der Waals surface area contributed by atoms with Gasteiger partial charge >= 0.3 is 0 Å². The Balaban J connectivity index is 1.61. The lowest BCUT2D eigenvalue weighted by Crippen LogP contribution is -2.40. The Labute approximate surface area is 192 Å². The topological polar surface area (TPSA) is 33.1 Å². The molecule has 1 aliphatic carbocycles. The van der Waals surface area contributed by atoms with Crippen molar-refractivity contribution < 1.29 is 4.39 Å². The highest BCUT2D eigenvalue weighted by Crippen LogP contribution is 2.43. The summed E-state index contributed by atoms with van der Waals surface area (Å²) in [6, 6.07) is 15.2. The minimum Gasteiger partial charge on any atom is -0.352 e. The van der Waals surface area contributed by atoms with Crippen LogP contribution in [0.1, 0.15) is 55.6 Å². The van der Waals surface area contributed by atoms with Gasteiger partial charge in [0.15, 0.2) is 5.11 Å². The zero-order valence-electron chi connectivity index (χ0n) is 17.0. The quantitative estimate of drug-likeness (QED) is 0.492. The van der Waals surface area contributed by atoms with Crippen molar-refractivity contribution >= 4 is 28.9 Å². The first kappa shape index (κ1) is 20.5. The molecular weight excluding hydrogens is 431 g/mol. The van der Waals surface area contributed by atoms with Crippen molar-refractivity contribution in [1.29, 1.82) is 0 Å². The highest BCUT2D eigenvalue weighted by molar-refractivity contribution is 7.80. The minimum absolute atomic E-state index is 0.0238. The zero-order valence-corrected chi connectivity index (χ0v) is 18.6. The molecule has 2 fully saturated rings. The van der Waals surface area contributed by atoms with Gasteiger partial charge in [0, 0.05) is 29.8 Å². The van der Waals surface area contributed by atoms with Crippen molar-refractivity contribution in [2.75, 3.05) is 0 Å². The van der Waals surface area contributed by atoms with Gasteiger partial charge in [-0.3, -0.25) is 4.98 Å². The first-order chi connectivity index (χ1) is 15.1. The smallest absolute Gasteiger partial charge is 0.170 e. The Bertz CT molecular complexity index is 1080. The lowest BCUT2D eigenvalue weighted by molar-refractivity contribution is 0.193. The van der Waals surface area contributed by atoms with Crippen molar-refractivity contribution in [3.63, 3.8) is 0 Å². The van der Waals surface area contributed by atoms with Gasteiger partial charge in [-0.05, 0) is 67.5 Å². The molecule has 1 N–H and O–H groups in total. The highest BCUT2D eigenvalue weighted by Gasteiger charge is 2.44. The zero-order chi connectivity index (χ0) is 21.4. The van der Waals surface area contributed by atoms with E-state index in [1.54, 1.807) is 12.1 Å². The molecule has 2 aliphatic rings. The number of hydrogen-bond acceptors (Lipinski definition) is 2. The van der Waals surface area contributed by atoms with Crippen molar-refractivity contribution in [2.45, 2.75) is 50.2 Å². The van der Waals surface area contributed by atoms with Crippen LogP contribution in [-0.4, -0.2) is 25.6 Å². The van der Waals surface area contributed by atoms with Gasteiger partial charge in [-0.25, -0.2) is 4.39 Å². The summed E-state index contributed by atoms with van der Waals surface area (Å²) in [7, 11) is 0. The molecule has 2 atom stereocenters. The molecule has 0 amide bonds. The molecule has 31 heavy (non-hydrogen) atoms. The average Bonchev–Trinajstić information content (AvgIpc) is 3.41. The highest BCUT2D eigenvalue weighted by atomic mass is 35.5. The SMILES string of the molecule is Fc1ccc(-n2cccc2[C@@H]2[C@@H](c3ccccn3)NC(=S)N2C2CCCCC2)cc1Cl. The third kappa shape index (κ3) is 3.83. The summed E-state index contributed by atoms with van der Waals surface area (Å²) in [5, 5.41) is 4.44. The summed E-state index contributed by atoms with van der Waals surface area (Å²) in [5.41, 5.74) is 2.86. The molecule has 1 saturated heterocycles. The van der Waals surface area contributed by atoms with Gasteiger partial charge < -0.3 is 14.8 Å². The average molecular weight is 455 g/mol. The molecule has 0 radical (unpaired) electrons. The molecule has 1 saturated carbocycles. The maximum Gasteiger partial charge on any atom is 0.170 e. The number of nitrogens with one attached hydrogen (secondary N) is 1. The van der Waals surface area contributed by atoms with E-state index in [-0.39, 0.29) is 17.1 Å². The van der Waals surface area contributed by atoms with E-state index in [2.05, 4.69) is 25.8 Å². The Morgan fingerprint density at radius 2 is 1.90 bits per heavy atom. The van der Waals surface area contributed by atoms with Crippen LogP contribution >= 0.6 is 23.8 Å². The predicted molar refractivity (Wildman–Crippen MR) is 125 cm³/mol. The van der Waals surface area contributed by atoms with Gasteiger partial charge in [0.25, 0.3) is 0 Å². The van der Waals surface area contributed by atoms with Crippen LogP contribution in [-0.2, 0) is 0 Å². The molecule has 5 rings (SSSR count). The van der Waals surface area contributed by atoms with Crippen LogP contribution in [0.2, 0.25) is 5.02 Å². The van der Waals surface area contributed by atoms with Crippen LogP contribution in [0.3, 0.4) is 0 Å². The number of halogens is 2. The van der Waals surface area contributed by atoms with Gasteiger partial charge in [-0.15, -0.1) is 0 Å². The summed E-state index contributed by atoms with van der Waals surface area (Å²) in [6.07, 6.45) is 9.81. The molecule has 4 nitrogen and oxygen atoms in total. The standard InChI is InChI=1S/C24H24ClFN4S/c25-18-15-17(11-12-19(18)26)29-14-6-10-21(29)23-22(20-9-4-5-13-27-20)28-24(31)30(23)16-7-2-1-3-8-16/h4-6,9-16,22-23H,1-3,7-8H2,(H,28,31)/t22-,23-/m1/s1. The van der Waals surface area contributed by atoms with E-state index in [0.717, 1.165) is 35.0 Å². The summed E-state index contributed by atoms with van der Waals surface area (Å²) < 4.78 is 15.9. The largest absolute Gasteiger partial charge is 0.352 e. The number of thiocarbonyl (C=S) groups is 1. The number of pyridine rings is 1. The van der Waals surface area contributed by atoms with Gasteiger partial charge in [-0.2, -0.15) is 0 Å². The third-order valence-electron chi connectivity index (χ3n) is 6.37. The van der Waals surface area contributed by atoms with Crippen LogP contribution in [0.4, 0.5) is 4.39 Å². The molecule has 160 valence electrons. The maximum absolute atomic E-state index is 13.8. The van der Waals surface area contributed by atoms with Crippen molar-refractivity contribution in [1.82, 2.24) is 19.8 Å². The molecule has 0 unspecified atom stereocenters. The lowest BCUT2D eigenvalue weighted by atomic mass is 9.92. The fraction of sp³-hybridized carbons (Fsp3) is 0.333. The van der Waals surface area contributed by atoms with Crippen molar-refractivity contribution in [2.24, 2.45) is 0 Å². The van der Waals surface area contributed by atoms with E-state index in [9.17, 15) is 4.39 Å². The summed E-state index contributed by atoms with van der Waals surface area (Å²) in [6.45, 7) is 0. The third-order valence-corrected chi connectivity index (χ3v) is 6.99. The number of rotatable bonds is 4. The van der Waals surface area contributed by atoms with E-state index in [0.29, 0.717) is 6.04 Å². The van der Waals surface area contributed by atoms with Gasteiger partial charge in [-0.1, -0.05) is 36.9 Å². The van der Waals surface area contributed by atoms with Crippen LogP contribution < -0.4 is 5.32 Å². The summed E-state index contributed by atoms with van der Waals surface area (Å²) >= 11 is 12.0. The fourth-order valence-corrected chi connectivity index (χ4v) is 5.50. The molecule has 1 aliphatic heterocycles. The number of hydrogen-bond donors (Lipinski definition) is 1. The van der Waals surface area contributed by atoms with Gasteiger partial charge in [0.1, 0.15) is 5.82 Å². The Morgan fingerprint density at radius 3 is 2.65 bits per heavy atom. The van der Waals surface area contributed by atoms with Crippen LogP contribution in [0, 0.1) is 5.82 Å². The number of nitrogens with zero attached hydrogens (tertiary/aromatic N) is 3. The molecule has 2 aromatic heterocycles. The summed E-state index contributed by atoms with van der Waals surface area (Å²) in [4.78, 5) is 7.01. The molecule has 3 heterocycles. The first-order valence-corrected chi connectivity index (χ1v) is 11.5. The van der Waals surface area contributed by atoms with Crippen LogP contribution in [0.5, 0.6) is 0 Å². The van der Waals surface area contributed by atoms with E-state index in [1.807, 2.05) is 36.7 Å². The lowest BCUT2D eigenvalue weighted by Gasteiger charge is -2.37. The molecule has 0 spiro atoms.